The van der Waals surface area contributed by atoms with Crippen LogP contribution in [0.25, 0.3) is 0 Å². The lowest BCUT2D eigenvalue weighted by Gasteiger charge is -2.26. The first-order valence-corrected chi connectivity index (χ1v) is 8.38. The number of hydrogen-bond donors (Lipinski definition) is 0. The SMILES string of the molecule is CN(CC1CCCOC1)S(=O)(=O)c1cncc(Br)c1. The molecule has 1 saturated heterocycles. The molecule has 1 aliphatic rings. The van der Waals surface area contributed by atoms with Crippen molar-refractivity contribution in [1.82, 2.24) is 9.29 Å². The van der Waals surface area contributed by atoms with Crippen molar-refractivity contribution in [1.29, 1.82) is 0 Å². The lowest BCUT2D eigenvalue weighted by molar-refractivity contribution is 0.0495. The maximum absolute atomic E-state index is 12.4. The third kappa shape index (κ3) is 3.75. The van der Waals surface area contributed by atoms with Gasteiger partial charge < -0.3 is 4.74 Å². The Kier molecular flexibility index (Phi) is 4.94. The van der Waals surface area contributed by atoms with Crippen molar-refractivity contribution in [3.8, 4) is 0 Å². The monoisotopic (exact) mass is 348 g/mol. The zero-order chi connectivity index (χ0) is 13.9. The van der Waals surface area contributed by atoms with E-state index in [0.29, 0.717) is 17.6 Å². The molecule has 0 radical (unpaired) electrons. The van der Waals surface area contributed by atoms with E-state index in [1.165, 1.54) is 10.5 Å². The zero-order valence-electron chi connectivity index (χ0n) is 10.8. The molecular formula is C12H17BrN2O3S. The number of halogens is 1. The molecule has 0 saturated carbocycles. The van der Waals surface area contributed by atoms with Crippen LogP contribution < -0.4 is 0 Å². The predicted octanol–water partition coefficient (Wildman–Crippen LogP) is 1.89. The van der Waals surface area contributed by atoms with Crippen LogP contribution in [0.2, 0.25) is 0 Å². The average Bonchev–Trinajstić information content (AvgIpc) is 2.40. The van der Waals surface area contributed by atoms with Crippen molar-refractivity contribution in [3.63, 3.8) is 0 Å². The maximum Gasteiger partial charge on any atom is 0.244 e. The molecular weight excluding hydrogens is 332 g/mol. The Bertz CT molecular complexity index is 530. The summed E-state index contributed by atoms with van der Waals surface area (Å²) < 4.78 is 32.2. The Morgan fingerprint density at radius 3 is 2.95 bits per heavy atom. The van der Waals surface area contributed by atoms with Gasteiger partial charge in [-0.1, -0.05) is 0 Å². The average molecular weight is 349 g/mol. The fourth-order valence-corrected chi connectivity index (χ4v) is 3.88. The van der Waals surface area contributed by atoms with E-state index >= 15 is 0 Å². The molecule has 5 nitrogen and oxygen atoms in total. The Morgan fingerprint density at radius 2 is 2.32 bits per heavy atom. The smallest absolute Gasteiger partial charge is 0.244 e. The molecule has 0 bridgehead atoms. The summed E-state index contributed by atoms with van der Waals surface area (Å²) in [5.74, 6) is 0.272. The molecule has 19 heavy (non-hydrogen) atoms. The van der Waals surface area contributed by atoms with Crippen LogP contribution in [0, 0.1) is 5.92 Å². The molecule has 0 amide bonds. The maximum atomic E-state index is 12.4. The fraction of sp³-hybridized carbons (Fsp3) is 0.583. The topological polar surface area (TPSA) is 59.5 Å². The van der Waals surface area contributed by atoms with Gasteiger partial charge in [-0.05, 0) is 40.8 Å². The van der Waals surface area contributed by atoms with Crippen LogP contribution in [0.5, 0.6) is 0 Å². The van der Waals surface area contributed by atoms with E-state index in [1.54, 1.807) is 19.3 Å². The van der Waals surface area contributed by atoms with E-state index in [9.17, 15) is 8.42 Å². The summed E-state index contributed by atoms with van der Waals surface area (Å²) >= 11 is 3.24. The summed E-state index contributed by atoms with van der Waals surface area (Å²) in [4.78, 5) is 4.11. The fourth-order valence-electron chi connectivity index (χ4n) is 2.13. The van der Waals surface area contributed by atoms with E-state index in [-0.39, 0.29) is 10.8 Å². The van der Waals surface area contributed by atoms with Crippen molar-refractivity contribution in [2.75, 3.05) is 26.8 Å². The highest BCUT2D eigenvalue weighted by Gasteiger charge is 2.25. The molecule has 0 aromatic carbocycles. The number of ether oxygens (including phenoxy) is 1. The first kappa shape index (κ1) is 14.9. The molecule has 0 N–H and O–H groups in total. The van der Waals surface area contributed by atoms with Crippen LogP contribution in [0.4, 0.5) is 0 Å². The number of rotatable bonds is 4. The van der Waals surface area contributed by atoms with Gasteiger partial charge in [0.2, 0.25) is 10.0 Å². The highest BCUT2D eigenvalue weighted by atomic mass is 79.9. The van der Waals surface area contributed by atoms with Gasteiger partial charge in [0.25, 0.3) is 0 Å². The normalized spacial score (nSPS) is 20.7. The van der Waals surface area contributed by atoms with Crippen molar-refractivity contribution in [2.45, 2.75) is 17.7 Å². The second kappa shape index (κ2) is 6.30. The molecule has 1 aromatic rings. The Morgan fingerprint density at radius 1 is 1.53 bits per heavy atom. The largest absolute Gasteiger partial charge is 0.381 e. The van der Waals surface area contributed by atoms with Crippen LogP contribution >= 0.6 is 15.9 Å². The van der Waals surface area contributed by atoms with Crippen LogP contribution in [-0.4, -0.2) is 44.5 Å². The third-order valence-corrected chi connectivity index (χ3v) is 5.38. The summed E-state index contributed by atoms with van der Waals surface area (Å²) in [6, 6.07) is 1.57. The van der Waals surface area contributed by atoms with E-state index in [4.69, 9.17) is 4.74 Å². The van der Waals surface area contributed by atoms with Crippen molar-refractivity contribution < 1.29 is 13.2 Å². The quantitative estimate of drug-likeness (QED) is 0.833. The van der Waals surface area contributed by atoms with Gasteiger partial charge in [0, 0.05) is 37.1 Å². The highest BCUT2D eigenvalue weighted by molar-refractivity contribution is 9.10. The van der Waals surface area contributed by atoms with E-state index in [2.05, 4.69) is 20.9 Å². The van der Waals surface area contributed by atoms with Gasteiger partial charge in [-0.15, -0.1) is 0 Å². The van der Waals surface area contributed by atoms with Gasteiger partial charge in [0.1, 0.15) is 4.90 Å². The van der Waals surface area contributed by atoms with Crippen molar-refractivity contribution in [3.05, 3.63) is 22.9 Å². The highest BCUT2D eigenvalue weighted by Crippen LogP contribution is 2.21. The number of sulfonamides is 1. The van der Waals surface area contributed by atoms with Gasteiger partial charge in [-0.25, -0.2) is 12.7 Å². The molecule has 1 fully saturated rings. The second-order valence-electron chi connectivity index (χ2n) is 4.71. The summed E-state index contributed by atoms with van der Waals surface area (Å²) in [5.41, 5.74) is 0. The standard InChI is InChI=1S/C12H17BrN2O3S/c1-15(8-10-3-2-4-18-9-10)19(16,17)12-5-11(13)6-14-7-12/h5-7,10H,2-4,8-9H2,1H3. The van der Waals surface area contributed by atoms with Gasteiger partial charge in [-0.3, -0.25) is 4.98 Å². The predicted molar refractivity (Wildman–Crippen MR) is 75.3 cm³/mol. The van der Waals surface area contributed by atoms with Crippen LogP contribution in [-0.2, 0) is 14.8 Å². The van der Waals surface area contributed by atoms with E-state index in [0.717, 1.165) is 19.4 Å². The molecule has 2 heterocycles. The molecule has 106 valence electrons. The minimum Gasteiger partial charge on any atom is -0.381 e. The first-order valence-electron chi connectivity index (χ1n) is 6.15. The number of aromatic nitrogens is 1. The molecule has 1 unspecified atom stereocenters. The molecule has 7 heteroatoms. The van der Waals surface area contributed by atoms with Crippen LogP contribution in [0.15, 0.2) is 27.8 Å². The lowest BCUT2D eigenvalue weighted by Crippen LogP contribution is -2.35. The minimum atomic E-state index is -3.48. The molecule has 1 aliphatic heterocycles. The molecule has 0 spiro atoms. The minimum absolute atomic E-state index is 0.209. The van der Waals surface area contributed by atoms with Crippen LogP contribution in [0.3, 0.4) is 0 Å². The Balaban J connectivity index is 2.10. The Labute approximate surface area is 122 Å². The van der Waals surface area contributed by atoms with Gasteiger partial charge >= 0.3 is 0 Å². The summed E-state index contributed by atoms with van der Waals surface area (Å²) in [5, 5.41) is 0. The van der Waals surface area contributed by atoms with Gasteiger partial charge in [0.05, 0.1) is 6.61 Å². The number of nitrogens with zero attached hydrogens (tertiary/aromatic N) is 2. The summed E-state index contributed by atoms with van der Waals surface area (Å²) in [6.45, 7) is 1.90. The molecule has 1 aromatic heterocycles. The molecule has 1 atom stereocenters. The van der Waals surface area contributed by atoms with Gasteiger partial charge in [-0.2, -0.15) is 0 Å². The molecule has 0 aliphatic carbocycles. The van der Waals surface area contributed by atoms with E-state index < -0.39 is 10.0 Å². The summed E-state index contributed by atoms with van der Waals surface area (Å²) in [7, 11) is -1.87. The lowest BCUT2D eigenvalue weighted by atomic mass is 10.0. The molecule has 2 rings (SSSR count). The number of hydrogen-bond acceptors (Lipinski definition) is 4. The second-order valence-corrected chi connectivity index (χ2v) is 7.67. The van der Waals surface area contributed by atoms with E-state index in [1.807, 2.05) is 0 Å². The zero-order valence-corrected chi connectivity index (χ0v) is 13.2. The first-order chi connectivity index (χ1) is 9.00. The summed E-state index contributed by atoms with van der Waals surface area (Å²) in [6.07, 6.45) is 4.94. The Hall–Kier alpha value is -0.500. The van der Waals surface area contributed by atoms with Crippen molar-refractivity contribution in [2.24, 2.45) is 5.92 Å². The van der Waals surface area contributed by atoms with Crippen molar-refractivity contribution >= 4 is 26.0 Å². The van der Waals surface area contributed by atoms with Crippen LogP contribution in [0.1, 0.15) is 12.8 Å². The number of pyridine rings is 1. The third-order valence-electron chi connectivity index (χ3n) is 3.16. The van der Waals surface area contributed by atoms with Gasteiger partial charge in [0.15, 0.2) is 0 Å².